The fourth-order valence-electron chi connectivity index (χ4n) is 1.16. The molecule has 0 saturated carbocycles. The highest BCUT2D eigenvalue weighted by Crippen LogP contribution is 1.97. The van der Waals surface area contributed by atoms with E-state index in [1.807, 2.05) is 0 Å². The largest absolute Gasteiger partial charge is 0.241 e. The van der Waals surface area contributed by atoms with Crippen LogP contribution in [0, 0.1) is 6.92 Å². The first-order valence-corrected chi connectivity index (χ1v) is 5.49. The quantitative estimate of drug-likeness (QED) is 0.382. The van der Waals surface area contributed by atoms with Gasteiger partial charge in [-0.15, -0.1) is 0 Å². The van der Waals surface area contributed by atoms with Gasteiger partial charge in [0.2, 0.25) is 0 Å². The third-order valence-electron chi connectivity index (χ3n) is 1.96. The van der Waals surface area contributed by atoms with Crippen molar-refractivity contribution in [3.8, 4) is 0 Å². The average Bonchev–Trinajstić information content (AvgIpc) is 2.16. The van der Waals surface area contributed by atoms with Gasteiger partial charge in [-0.3, -0.25) is 0 Å². The summed E-state index contributed by atoms with van der Waals surface area (Å²) in [5.41, 5.74) is 0. The summed E-state index contributed by atoms with van der Waals surface area (Å²) < 4.78 is 0. The van der Waals surface area contributed by atoms with Crippen LogP contribution in [0.1, 0.15) is 45.4 Å². The molecule has 0 amide bonds. The summed E-state index contributed by atoms with van der Waals surface area (Å²) in [4.78, 5) is 0. The molecule has 1 heteroatoms. The normalized spacial score (nSPS) is 11.2. The Morgan fingerprint density at radius 3 is 2.62 bits per heavy atom. The van der Waals surface area contributed by atoms with Gasteiger partial charge in [-0.2, -0.15) is 0 Å². The first-order valence-electron chi connectivity index (χ1n) is 5.49. The third-order valence-corrected chi connectivity index (χ3v) is 1.96. The molecule has 2 radical (unpaired) electrons. The van der Waals surface area contributed by atoms with Gasteiger partial charge in [0.1, 0.15) is 0 Å². The van der Waals surface area contributed by atoms with Crippen LogP contribution in [-0.4, -0.2) is 13.1 Å². The second-order valence-electron chi connectivity index (χ2n) is 3.28. The Hall–Kier alpha value is -0.300. The van der Waals surface area contributed by atoms with Gasteiger partial charge in [0.05, 0.1) is 0 Å². The van der Waals surface area contributed by atoms with Crippen LogP contribution >= 0.6 is 0 Å². The van der Waals surface area contributed by atoms with E-state index in [1.54, 1.807) is 0 Å². The number of rotatable bonds is 9. The molecule has 0 aromatic heterocycles. The smallest absolute Gasteiger partial charge is 0.0167 e. The van der Waals surface area contributed by atoms with Gasteiger partial charge in [0.25, 0.3) is 0 Å². The Kier molecular flexibility index (Phi) is 11.4. The Morgan fingerprint density at radius 1 is 1.08 bits per heavy atom. The molecule has 13 heavy (non-hydrogen) atoms. The molecule has 0 aromatic carbocycles. The van der Waals surface area contributed by atoms with Crippen molar-refractivity contribution >= 4 is 0 Å². The molecular weight excluding hydrogens is 158 g/mol. The molecule has 0 heterocycles. The molecule has 0 atom stereocenters. The molecule has 0 aromatic rings. The van der Waals surface area contributed by atoms with E-state index in [4.69, 9.17) is 0 Å². The Labute approximate surface area is 83.6 Å². The van der Waals surface area contributed by atoms with Crippen LogP contribution in [0.4, 0.5) is 0 Å². The monoisotopic (exact) mass is 181 g/mol. The lowest BCUT2D eigenvalue weighted by atomic mass is 10.2. The Balaban J connectivity index is 2.87. The van der Waals surface area contributed by atoms with Crippen molar-refractivity contribution < 1.29 is 0 Å². The zero-order chi connectivity index (χ0) is 9.78. The molecule has 0 aliphatic carbocycles. The van der Waals surface area contributed by atoms with Crippen molar-refractivity contribution in [1.82, 2.24) is 5.32 Å². The van der Waals surface area contributed by atoms with Crippen molar-refractivity contribution in [2.24, 2.45) is 0 Å². The first-order chi connectivity index (χ1) is 6.41. The van der Waals surface area contributed by atoms with Gasteiger partial charge >= 0.3 is 0 Å². The van der Waals surface area contributed by atoms with Crippen molar-refractivity contribution in [2.45, 2.75) is 45.4 Å². The number of hydrogen-bond donors (Lipinski definition) is 0. The van der Waals surface area contributed by atoms with E-state index in [2.05, 4.69) is 31.3 Å². The first kappa shape index (κ1) is 12.7. The van der Waals surface area contributed by atoms with E-state index in [1.165, 1.54) is 25.7 Å². The summed E-state index contributed by atoms with van der Waals surface area (Å²) >= 11 is 0. The molecule has 0 aliphatic rings. The lowest BCUT2D eigenvalue weighted by molar-refractivity contribution is 0.593. The Morgan fingerprint density at radius 2 is 1.92 bits per heavy atom. The Bertz CT molecular complexity index is 108. The minimum atomic E-state index is 0.899. The highest BCUT2D eigenvalue weighted by atomic mass is 14.8. The predicted octanol–water partition coefficient (Wildman–Crippen LogP) is 3.34. The number of hydrogen-bond acceptors (Lipinski definition) is 0. The lowest BCUT2D eigenvalue weighted by Gasteiger charge is -1.99. The molecule has 0 spiro atoms. The maximum Gasteiger partial charge on any atom is 0.0167 e. The van der Waals surface area contributed by atoms with Crippen LogP contribution in [0.5, 0.6) is 0 Å². The molecule has 0 unspecified atom stereocenters. The van der Waals surface area contributed by atoms with E-state index < -0.39 is 0 Å². The van der Waals surface area contributed by atoms with Gasteiger partial charge in [-0.05, 0) is 26.2 Å². The number of nitrogens with zero attached hydrogens (tertiary/aromatic N) is 1. The molecule has 0 N–H and O–H groups in total. The van der Waals surface area contributed by atoms with Crippen LogP contribution < -0.4 is 5.32 Å². The maximum absolute atomic E-state index is 4.44. The van der Waals surface area contributed by atoms with Gasteiger partial charge < -0.3 is 0 Å². The summed E-state index contributed by atoms with van der Waals surface area (Å²) in [6.45, 7) is 8.02. The molecule has 0 bridgehead atoms. The van der Waals surface area contributed by atoms with Crippen LogP contribution in [0.3, 0.4) is 0 Å². The predicted molar refractivity (Wildman–Crippen MR) is 59.7 cm³/mol. The molecule has 76 valence electrons. The van der Waals surface area contributed by atoms with E-state index >= 15 is 0 Å². The average molecular weight is 181 g/mol. The van der Waals surface area contributed by atoms with Crippen molar-refractivity contribution in [1.29, 1.82) is 0 Å². The maximum atomic E-state index is 4.44. The second kappa shape index (κ2) is 11.7. The van der Waals surface area contributed by atoms with E-state index in [-0.39, 0.29) is 0 Å². The van der Waals surface area contributed by atoms with Crippen LogP contribution in [-0.2, 0) is 0 Å². The van der Waals surface area contributed by atoms with E-state index in [0.717, 1.165) is 25.9 Å². The summed E-state index contributed by atoms with van der Waals surface area (Å²) in [5.74, 6) is 0. The van der Waals surface area contributed by atoms with Crippen molar-refractivity contribution in [3.63, 3.8) is 0 Å². The van der Waals surface area contributed by atoms with Gasteiger partial charge in [0, 0.05) is 13.1 Å². The highest BCUT2D eigenvalue weighted by molar-refractivity contribution is 4.82. The minimum Gasteiger partial charge on any atom is -0.241 e. The summed E-state index contributed by atoms with van der Waals surface area (Å²) in [5, 5.41) is 4.44. The molecule has 0 saturated heterocycles. The highest BCUT2D eigenvalue weighted by Gasteiger charge is 1.88. The molecular formula is C12H23N. The fraction of sp³-hybridized carbons (Fsp3) is 0.750. The van der Waals surface area contributed by atoms with Gasteiger partial charge in [-0.1, -0.05) is 38.3 Å². The number of allylic oxidation sites excluding steroid dienone is 1. The summed E-state index contributed by atoms with van der Waals surface area (Å²) in [6.07, 6.45) is 11.5. The van der Waals surface area contributed by atoms with E-state index in [0.29, 0.717) is 0 Å². The van der Waals surface area contributed by atoms with Crippen molar-refractivity contribution in [2.75, 3.05) is 13.1 Å². The molecule has 0 rings (SSSR count). The second-order valence-corrected chi connectivity index (χ2v) is 3.28. The zero-order valence-electron chi connectivity index (χ0n) is 8.97. The molecule has 0 fully saturated rings. The van der Waals surface area contributed by atoms with Crippen molar-refractivity contribution in [3.05, 3.63) is 19.1 Å². The molecule has 0 aliphatic heterocycles. The topological polar surface area (TPSA) is 14.1 Å². The number of unbranched alkanes of at least 4 members (excludes halogenated alkanes) is 3. The van der Waals surface area contributed by atoms with Crippen LogP contribution in [0.15, 0.2) is 12.2 Å². The molecule has 1 nitrogen and oxygen atoms in total. The van der Waals surface area contributed by atoms with E-state index in [9.17, 15) is 0 Å². The summed E-state index contributed by atoms with van der Waals surface area (Å²) in [6, 6.07) is 0. The van der Waals surface area contributed by atoms with Gasteiger partial charge in [0.15, 0.2) is 0 Å². The lowest BCUT2D eigenvalue weighted by Crippen LogP contribution is -2.07. The SMILES string of the molecule is [CH2]CC=CCC[N]CCCCCC. The third kappa shape index (κ3) is 11.7. The minimum absolute atomic E-state index is 0.899. The van der Waals surface area contributed by atoms with Crippen LogP contribution in [0.2, 0.25) is 0 Å². The zero-order valence-corrected chi connectivity index (χ0v) is 8.97. The summed E-state index contributed by atoms with van der Waals surface area (Å²) in [7, 11) is 0. The van der Waals surface area contributed by atoms with Gasteiger partial charge in [-0.25, -0.2) is 5.32 Å². The standard InChI is InChI=1S/C12H23N/c1-3-5-7-9-11-13-12-10-8-6-4-2/h5,7H,1,3-4,6,8-12H2,2H3. The van der Waals surface area contributed by atoms with Crippen LogP contribution in [0.25, 0.3) is 0 Å². The fourth-order valence-corrected chi connectivity index (χ4v) is 1.16.